The van der Waals surface area contributed by atoms with Gasteiger partial charge in [0.15, 0.2) is 5.60 Å². The number of esters is 1. The van der Waals surface area contributed by atoms with Crippen molar-refractivity contribution < 1.29 is 14.3 Å². The summed E-state index contributed by atoms with van der Waals surface area (Å²) >= 11 is 0. The van der Waals surface area contributed by atoms with Crippen LogP contribution in [0.5, 0.6) is 0 Å². The Balaban J connectivity index is 1.72. The monoisotopic (exact) mass is 353 g/mol. The van der Waals surface area contributed by atoms with Gasteiger partial charge in [-0.15, -0.1) is 0 Å². The molecule has 1 aliphatic heterocycles. The van der Waals surface area contributed by atoms with Crippen molar-refractivity contribution in [3.63, 3.8) is 0 Å². The zero-order valence-corrected chi connectivity index (χ0v) is 15.6. The van der Waals surface area contributed by atoms with Crippen LogP contribution in [0.1, 0.15) is 30.9 Å². The second-order valence-corrected chi connectivity index (χ2v) is 7.10. The Hall–Kier alpha value is -2.17. The molecule has 0 N–H and O–H groups in total. The lowest BCUT2D eigenvalue weighted by molar-refractivity contribution is -0.178. The lowest BCUT2D eigenvalue weighted by Gasteiger charge is -2.40. The van der Waals surface area contributed by atoms with Crippen LogP contribution in [0.25, 0.3) is 0 Å². The SMILES string of the molecule is COC(=O)C1(C)CCC(N(Cc2ccccc2)Cc2ccccc2)CO1. The highest BCUT2D eigenvalue weighted by molar-refractivity contribution is 5.79. The van der Waals surface area contributed by atoms with Crippen molar-refractivity contribution in [1.29, 1.82) is 0 Å². The van der Waals surface area contributed by atoms with Gasteiger partial charge in [0.1, 0.15) is 0 Å². The van der Waals surface area contributed by atoms with E-state index in [1.165, 1.54) is 18.2 Å². The fourth-order valence-corrected chi connectivity index (χ4v) is 3.49. The number of nitrogens with zero attached hydrogens (tertiary/aromatic N) is 1. The van der Waals surface area contributed by atoms with Crippen LogP contribution in [0.2, 0.25) is 0 Å². The Morgan fingerprint density at radius 2 is 1.62 bits per heavy atom. The fourth-order valence-electron chi connectivity index (χ4n) is 3.49. The third kappa shape index (κ3) is 4.51. The quantitative estimate of drug-likeness (QED) is 0.741. The van der Waals surface area contributed by atoms with Crippen molar-refractivity contribution in [2.45, 2.75) is 44.5 Å². The maximum atomic E-state index is 12.0. The fraction of sp³-hybridized carbons (Fsp3) is 0.409. The van der Waals surface area contributed by atoms with E-state index in [1.807, 2.05) is 19.1 Å². The standard InChI is InChI=1S/C22H27NO3/c1-22(21(24)25-2)14-13-20(17-26-22)23(15-18-9-5-3-6-10-18)16-19-11-7-4-8-12-19/h3-12,20H,13-17H2,1-2H3. The van der Waals surface area contributed by atoms with Crippen LogP contribution in [-0.2, 0) is 27.4 Å². The number of hydrogen-bond acceptors (Lipinski definition) is 4. The summed E-state index contributed by atoms with van der Waals surface area (Å²) in [6.07, 6.45) is 1.58. The predicted octanol–water partition coefficient (Wildman–Crippen LogP) is 3.80. The molecule has 0 bridgehead atoms. The third-order valence-electron chi connectivity index (χ3n) is 5.14. The Morgan fingerprint density at radius 3 is 2.04 bits per heavy atom. The van der Waals surface area contributed by atoms with Gasteiger partial charge in [0.05, 0.1) is 13.7 Å². The summed E-state index contributed by atoms with van der Waals surface area (Å²) in [7, 11) is 1.42. The highest BCUT2D eigenvalue weighted by atomic mass is 16.6. The lowest BCUT2D eigenvalue weighted by Crippen LogP contribution is -2.50. The first-order valence-corrected chi connectivity index (χ1v) is 9.15. The molecular weight excluding hydrogens is 326 g/mol. The Labute approximate surface area is 155 Å². The van der Waals surface area contributed by atoms with E-state index in [-0.39, 0.29) is 12.0 Å². The molecule has 1 saturated heterocycles. The second kappa shape index (κ2) is 8.47. The number of ether oxygens (including phenoxy) is 2. The molecule has 0 amide bonds. The smallest absolute Gasteiger partial charge is 0.337 e. The first-order chi connectivity index (χ1) is 12.6. The van der Waals surface area contributed by atoms with Gasteiger partial charge in [-0.3, -0.25) is 4.90 Å². The molecule has 0 radical (unpaired) electrons. The molecule has 0 aromatic heterocycles. The van der Waals surface area contributed by atoms with Gasteiger partial charge in [0.2, 0.25) is 0 Å². The van der Waals surface area contributed by atoms with Gasteiger partial charge in [-0.2, -0.15) is 0 Å². The van der Waals surface area contributed by atoms with E-state index in [4.69, 9.17) is 9.47 Å². The predicted molar refractivity (Wildman–Crippen MR) is 102 cm³/mol. The van der Waals surface area contributed by atoms with E-state index in [2.05, 4.69) is 53.4 Å². The molecule has 3 rings (SSSR count). The molecule has 2 unspecified atom stereocenters. The molecule has 4 heteroatoms. The van der Waals surface area contributed by atoms with Crippen LogP contribution < -0.4 is 0 Å². The van der Waals surface area contributed by atoms with Gasteiger partial charge in [0, 0.05) is 19.1 Å². The van der Waals surface area contributed by atoms with Crippen molar-refractivity contribution in [3.8, 4) is 0 Å². The van der Waals surface area contributed by atoms with Crippen LogP contribution >= 0.6 is 0 Å². The number of benzene rings is 2. The molecule has 0 saturated carbocycles. The molecule has 2 atom stereocenters. The van der Waals surface area contributed by atoms with E-state index in [9.17, 15) is 4.79 Å². The summed E-state index contributed by atoms with van der Waals surface area (Å²) < 4.78 is 10.9. The number of hydrogen-bond donors (Lipinski definition) is 0. The maximum absolute atomic E-state index is 12.0. The largest absolute Gasteiger partial charge is 0.467 e. The summed E-state index contributed by atoms with van der Waals surface area (Å²) in [6.45, 7) is 4.08. The van der Waals surface area contributed by atoms with E-state index < -0.39 is 5.60 Å². The molecule has 26 heavy (non-hydrogen) atoms. The Morgan fingerprint density at radius 1 is 1.08 bits per heavy atom. The van der Waals surface area contributed by atoms with Crippen molar-refractivity contribution in [3.05, 3.63) is 71.8 Å². The zero-order valence-electron chi connectivity index (χ0n) is 15.6. The molecule has 1 aliphatic rings. The van der Waals surface area contributed by atoms with Gasteiger partial charge >= 0.3 is 5.97 Å². The molecule has 4 nitrogen and oxygen atoms in total. The second-order valence-electron chi connectivity index (χ2n) is 7.10. The number of carbonyl (C=O) groups is 1. The van der Waals surface area contributed by atoms with Crippen LogP contribution in [0.15, 0.2) is 60.7 Å². The molecule has 138 valence electrons. The van der Waals surface area contributed by atoms with Crippen LogP contribution in [0, 0.1) is 0 Å². The summed E-state index contributed by atoms with van der Waals surface area (Å²) in [5.41, 5.74) is 1.74. The summed E-state index contributed by atoms with van der Waals surface area (Å²) in [6, 6.07) is 21.2. The van der Waals surface area contributed by atoms with E-state index in [1.54, 1.807) is 0 Å². The minimum Gasteiger partial charge on any atom is -0.467 e. The number of rotatable bonds is 6. The van der Waals surface area contributed by atoms with Gasteiger partial charge in [-0.05, 0) is 30.9 Å². The first kappa shape index (κ1) is 18.6. The van der Waals surface area contributed by atoms with E-state index >= 15 is 0 Å². The summed E-state index contributed by atoms with van der Waals surface area (Å²) in [5.74, 6) is -0.284. The summed E-state index contributed by atoms with van der Waals surface area (Å²) in [5, 5.41) is 0. The molecule has 2 aromatic rings. The normalized spacial score (nSPS) is 23.0. The minimum absolute atomic E-state index is 0.271. The van der Waals surface area contributed by atoms with Gasteiger partial charge in [-0.1, -0.05) is 60.7 Å². The third-order valence-corrected chi connectivity index (χ3v) is 5.14. The maximum Gasteiger partial charge on any atom is 0.337 e. The van der Waals surface area contributed by atoms with Crippen molar-refractivity contribution in [1.82, 2.24) is 4.90 Å². The topological polar surface area (TPSA) is 38.8 Å². The summed E-state index contributed by atoms with van der Waals surface area (Å²) in [4.78, 5) is 14.4. The van der Waals surface area contributed by atoms with Gasteiger partial charge < -0.3 is 9.47 Å². The molecule has 0 spiro atoms. The van der Waals surface area contributed by atoms with Crippen molar-refractivity contribution in [2.24, 2.45) is 0 Å². The molecular formula is C22H27NO3. The Kier molecular flexibility index (Phi) is 6.07. The number of carbonyl (C=O) groups excluding carboxylic acids is 1. The average molecular weight is 353 g/mol. The van der Waals surface area contributed by atoms with Crippen LogP contribution in [0.4, 0.5) is 0 Å². The van der Waals surface area contributed by atoms with Gasteiger partial charge in [0.25, 0.3) is 0 Å². The number of methoxy groups -OCH3 is 1. The Bertz CT molecular complexity index is 652. The average Bonchev–Trinajstić information content (AvgIpc) is 2.69. The van der Waals surface area contributed by atoms with Crippen molar-refractivity contribution in [2.75, 3.05) is 13.7 Å². The molecule has 0 aliphatic carbocycles. The molecule has 2 aromatic carbocycles. The lowest BCUT2D eigenvalue weighted by atomic mass is 9.92. The zero-order chi connectivity index (χ0) is 18.4. The van der Waals surface area contributed by atoms with Crippen LogP contribution in [0.3, 0.4) is 0 Å². The van der Waals surface area contributed by atoms with Crippen molar-refractivity contribution >= 4 is 5.97 Å². The van der Waals surface area contributed by atoms with Crippen LogP contribution in [-0.4, -0.2) is 36.2 Å². The van der Waals surface area contributed by atoms with E-state index in [0.717, 1.165) is 19.5 Å². The minimum atomic E-state index is -0.823. The first-order valence-electron chi connectivity index (χ1n) is 9.15. The highest BCUT2D eigenvalue weighted by Gasteiger charge is 2.41. The highest BCUT2D eigenvalue weighted by Crippen LogP contribution is 2.29. The van der Waals surface area contributed by atoms with E-state index in [0.29, 0.717) is 13.0 Å². The van der Waals surface area contributed by atoms with Gasteiger partial charge in [-0.25, -0.2) is 4.79 Å². The molecule has 1 heterocycles. The molecule has 1 fully saturated rings.